The van der Waals surface area contributed by atoms with Gasteiger partial charge in [-0.15, -0.1) is 0 Å². The van der Waals surface area contributed by atoms with Gasteiger partial charge in [-0.1, -0.05) is 36.8 Å². The van der Waals surface area contributed by atoms with Crippen molar-refractivity contribution in [2.24, 2.45) is 0 Å². The van der Waals surface area contributed by atoms with E-state index in [1.54, 1.807) is 19.2 Å². The summed E-state index contributed by atoms with van der Waals surface area (Å²) < 4.78 is 19.8. The maximum atomic E-state index is 14.5. The van der Waals surface area contributed by atoms with E-state index < -0.39 is 5.60 Å². The van der Waals surface area contributed by atoms with E-state index >= 15 is 0 Å². The van der Waals surface area contributed by atoms with Crippen molar-refractivity contribution in [1.82, 2.24) is 4.90 Å². The third kappa shape index (κ3) is 3.24. The zero-order valence-electron chi connectivity index (χ0n) is 15.2. The van der Waals surface area contributed by atoms with Crippen LogP contribution in [0, 0.1) is 5.82 Å². The lowest BCUT2D eigenvalue weighted by molar-refractivity contribution is -0.101. The molecule has 0 spiro atoms. The molecule has 2 atom stereocenters. The summed E-state index contributed by atoms with van der Waals surface area (Å²) in [5, 5.41) is 11.4. The minimum absolute atomic E-state index is 0.276. The van der Waals surface area contributed by atoms with Crippen LogP contribution in [0.25, 0.3) is 0 Å². The van der Waals surface area contributed by atoms with Gasteiger partial charge in [-0.25, -0.2) is 4.39 Å². The topological polar surface area (TPSA) is 32.7 Å². The second-order valence-electron chi connectivity index (χ2n) is 7.68. The van der Waals surface area contributed by atoms with Crippen molar-refractivity contribution >= 4 is 0 Å². The monoisotopic (exact) mass is 355 g/mol. The van der Waals surface area contributed by atoms with E-state index in [9.17, 15) is 9.50 Å². The molecule has 2 fully saturated rings. The minimum atomic E-state index is -1.12. The van der Waals surface area contributed by atoms with Gasteiger partial charge in [0, 0.05) is 24.2 Å². The number of halogens is 1. The highest BCUT2D eigenvalue weighted by Gasteiger charge is 2.47. The van der Waals surface area contributed by atoms with E-state index in [1.807, 2.05) is 6.07 Å². The third-order valence-electron chi connectivity index (χ3n) is 6.04. The van der Waals surface area contributed by atoms with Crippen molar-refractivity contribution in [3.8, 4) is 5.75 Å². The average Bonchev–Trinajstić information content (AvgIpc) is 2.64. The first-order valence-electron chi connectivity index (χ1n) is 9.45. The first-order valence-corrected chi connectivity index (χ1v) is 9.45. The summed E-state index contributed by atoms with van der Waals surface area (Å²) in [7, 11) is 1.57. The standard InChI is InChI=1S/C22H26FNO2/c1-26-19-10-11-21(23)20(12-19)22(25)13-17-8-5-9-18(14-22)24(17)15-16-6-3-2-4-7-16/h2-4,6-7,10-12,17-18,25H,5,8-9,13-15H2,1H3. The molecule has 0 aromatic heterocycles. The minimum Gasteiger partial charge on any atom is -0.497 e. The Labute approximate surface area is 154 Å². The number of fused-ring (bicyclic) bond motifs is 2. The lowest BCUT2D eigenvalue weighted by Crippen LogP contribution is -2.56. The van der Waals surface area contributed by atoms with E-state index in [-0.39, 0.29) is 17.9 Å². The zero-order chi connectivity index (χ0) is 18.1. The molecule has 0 saturated carbocycles. The molecule has 0 aliphatic carbocycles. The smallest absolute Gasteiger partial charge is 0.129 e. The number of benzene rings is 2. The quantitative estimate of drug-likeness (QED) is 0.890. The molecule has 2 aromatic carbocycles. The Morgan fingerprint density at radius 1 is 1.12 bits per heavy atom. The van der Waals surface area contributed by atoms with Crippen LogP contribution >= 0.6 is 0 Å². The fraction of sp³-hybridized carbons (Fsp3) is 0.455. The molecule has 4 rings (SSSR count). The molecule has 2 unspecified atom stereocenters. The Morgan fingerprint density at radius 3 is 2.46 bits per heavy atom. The van der Waals surface area contributed by atoms with Crippen LogP contribution in [0.15, 0.2) is 48.5 Å². The Morgan fingerprint density at radius 2 is 1.81 bits per heavy atom. The van der Waals surface area contributed by atoms with Crippen molar-refractivity contribution in [2.45, 2.75) is 56.3 Å². The van der Waals surface area contributed by atoms with Crippen LogP contribution in [-0.4, -0.2) is 29.2 Å². The Bertz CT molecular complexity index is 750. The first-order chi connectivity index (χ1) is 12.6. The predicted octanol–water partition coefficient (Wildman–Crippen LogP) is 4.24. The summed E-state index contributed by atoms with van der Waals surface area (Å²) in [5.74, 6) is 0.245. The molecule has 138 valence electrons. The van der Waals surface area contributed by atoms with Crippen LogP contribution in [0.5, 0.6) is 5.75 Å². The van der Waals surface area contributed by atoms with Crippen LogP contribution < -0.4 is 4.74 Å². The number of nitrogens with zero attached hydrogens (tertiary/aromatic N) is 1. The SMILES string of the molecule is COc1ccc(F)c(C2(O)CC3CCCC(C2)N3Cc2ccccc2)c1. The average molecular weight is 355 g/mol. The first kappa shape index (κ1) is 17.5. The van der Waals surface area contributed by atoms with E-state index in [0.717, 1.165) is 19.4 Å². The van der Waals surface area contributed by atoms with Gasteiger partial charge >= 0.3 is 0 Å². The van der Waals surface area contributed by atoms with Gasteiger partial charge in [0.15, 0.2) is 0 Å². The summed E-state index contributed by atoms with van der Waals surface area (Å²) in [6, 6.07) is 15.7. The number of piperidine rings is 2. The number of hydrogen-bond acceptors (Lipinski definition) is 3. The molecule has 2 aromatic rings. The molecule has 2 saturated heterocycles. The molecule has 2 aliphatic rings. The highest BCUT2D eigenvalue weighted by Crippen LogP contribution is 2.46. The van der Waals surface area contributed by atoms with Crippen LogP contribution in [0.4, 0.5) is 4.39 Å². The van der Waals surface area contributed by atoms with Crippen LogP contribution in [0.2, 0.25) is 0 Å². The number of aliphatic hydroxyl groups is 1. The molecule has 1 N–H and O–H groups in total. The molecular formula is C22H26FNO2. The van der Waals surface area contributed by atoms with Crippen LogP contribution in [-0.2, 0) is 12.1 Å². The van der Waals surface area contributed by atoms with Gasteiger partial charge < -0.3 is 9.84 Å². The summed E-state index contributed by atoms with van der Waals surface area (Å²) in [4.78, 5) is 2.52. The van der Waals surface area contributed by atoms with Crippen molar-refractivity contribution in [1.29, 1.82) is 0 Å². The van der Waals surface area contributed by atoms with Gasteiger partial charge in [0.1, 0.15) is 11.6 Å². The van der Waals surface area contributed by atoms with Gasteiger partial charge in [-0.3, -0.25) is 4.90 Å². The number of hydrogen-bond donors (Lipinski definition) is 1. The molecule has 3 nitrogen and oxygen atoms in total. The maximum absolute atomic E-state index is 14.5. The van der Waals surface area contributed by atoms with Crippen molar-refractivity contribution in [2.75, 3.05) is 7.11 Å². The molecule has 0 amide bonds. The van der Waals surface area contributed by atoms with Crippen molar-refractivity contribution in [3.05, 3.63) is 65.5 Å². The summed E-state index contributed by atoms with van der Waals surface area (Å²) in [5.41, 5.74) is 0.553. The largest absolute Gasteiger partial charge is 0.497 e. The Kier molecular flexibility index (Phi) is 4.72. The Hall–Kier alpha value is -1.91. The fourth-order valence-electron chi connectivity index (χ4n) is 4.78. The van der Waals surface area contributed by atoms with E-state index in [0.29, 0.717) is 24.2 Å². The second-order valence-corrected chi connectivity index (χ2v) is 7.68. The lowest BCUT2D eigenvalue weighted by Gasteiger charge is -2.52. The summed E-state index contributed by atoms with van der Waals surface area (Å²) in [6.07, 6.45) is 4.42. The Balaban J connectivity index is 1.61. The lowest BCUT2D eigenvalue weighted by atomic mass is 9.72. The second kappa shape index (κ2) is 7.01. The number of ether oxygens (including phenoxy) is 1. The highest BCUT2D eigenvalue weighted by atomic mass is 19.1. The van der Waals surface area contributed by atoms with E-state index in [2.05, 4.69) is 29.2 Å². The van der Waals surface area contributed by atoms with Crippen molar-refractivity contribution in [3.63, 3.8) is 0 Å². The van der Waals surface area contributed by atoms with Gasteiger partial charge in [0.05, 0.1) is 12.7 Å². The summed E-state index contributed by atoms with van der Waals surface area (Å²) in [6.45, 7) is 0.896. The maximum Gasteiger partial charge on any atom is 0.129 e. The molecular weight excluding hydrogens is 329 g/mol. The molecule has 2 heterocycles. The van der Waals surface area contributed by atoms with Gasteiger partial charge in [0.2, 0.25) is 0 Å². The third-order valence-corrected chi connectivity index (χ3v) is 6.04. The van der Waals surface area contributed by atoms with Crippen molar-refractivity contribution < 1.29 is 14.2 Å². The molecule has 2 bridgehead atoms. The molecule has 0 radical (unpaired) electrons. The van der Waals surface area contributed by atoms with Crippen LogP contribution in [0.1, 0.15) is 43.2 Å². The highest BCUT2D eigenvalue weighted by molar-refractivity contribution is 5.35. The molecule has 2 aliphatic heterocycles. The molecule has 4 heteroatoms. The van der Waals surface area contributed by atoms with Gasteiger partial charge in [0.25, 0.3) is 0 Å². The normalized spacial score (nSPS) is 28.7. The van der Waals surface area contributed by atoms with Crippen LogP contribution in [0.3, 0.4) is 0 Å². The van der Waals surface area contributed by atoms with E-state index in [4.69, 9.17) is 4.74 Å². The van der Waals surface area contributed by atoms with Gasteiger partial charge in [-0.2, -0.15) is 0 Å². The zero-order valence-corrected chi connectivity index (χ0v) is 15.2. The van der Waals surface area contributed by atoms with E-state index in [1.165, 1.54) is 18.1 Å². The number of rotatable bonds is 4. The fourth-order valence-corrected chi connectivity index (χ4v) is 4.78. The van der Waals surface area contributed by atoms with Gasteiger partial charge in [-0.05, 0) is 49.4 Å². The molecule has 26 heavy (non-hydrogen) atoms. The predicted molar refractivity (Wildman–Crippen MR) is 99.5 cm³/mol. The number of methoxy groups -OCH3 is 1. The summed E-state index contributed by atoms with van der Waals surface area (Å²) >= 11 is 0.